The van der Waals surface area contributed by atoms with Crippen LogP contribution in [0.25, 0.3) is 66.2 Å². The highest BCUT2D eigenvalue weighted by Crippen LogP contribution is 2.38. The average Bonchev–Trinajstić information content (AvgIpc) is 3.79. The first-order valence-corrected chi connectivity index (χ1v) is 19.4. The molecule has 0 aliphatic heterocycles. The molecule has 9 rings (SSSR count). The zero-order valence-electron chi connectivity index (χ0n) is 30.1. The largest absolute Gasteiger partial charge is 0.455 e. The van der Waals surface area contributed by atoms with Crippen LogP contribution in [-0.2, 0) is 0 Å². The zero-order valence-corrected chi connectivity index (χ0v) is 30.9. The number of thiophene rings is 1. The van der Waals surface area contributed by atoms with Gasteiger partial charge in [0.2, 0.25) is 0 Å². The molecule has 3 aliphatic carbocycles. The predicted octanol–water partition coefficient (Wildman–Crippen LogP) is 11.3. The molecular formula is C47H43N3OS. The highest BCUT2D eigenvalue weighted by Gasteiger charge is 2.20. The second-order valence-corrected chi connectivity index (χ2v) is 14.2. The number of nitrogens with zero attached hydrogens (tertiary/aromatic N) is 2. The standard InChI is InChI=1S/C45H37N3OS.C2H6/c1-2-28(24-25-46)39-27-40(31-20-18-30(19-21-31)29-10-4-3-5-11-29)48-45(47-39)32-22-23-33-35-13-8-14-36(43(35)49-41(33)26-32)38-16-9-15-37-34-12-6-7-17-42(34)50-44(37)38;1-2/h2,4,6-8,10-15,17-18,20,22-27H,3,5,9,16,19,21,46H2,1H3;1-2H3/b25-24-,28-2+;. The molecular weight excluding hydrogens is 655 g/mol. The Bertz CT molecular complexity index is 2670. The number of para-hydroxylation sites is 1. The molecule has 3 heterocycles. The van der Waals surface area contributed by atoms with Gasteiger partial charge >= 0.3 is 0 Å². The third kappa shape index (κ3) is 6.09. The van der Waals surface area contributed by atoms with Crippen LogP contribution in [0.1, 0.15) is 76.2 Å². The number of rotatable bonds is 6. The quantitative estimate of drug-likeness (QED) is 0.176. The molecule has 3 aromatic heterocycles. The molecule has 0 saturated carbocycles. The van der Waals surface area contributed by atoms with Crippen molar-refractivity contribution in [1.29, 1.82) is 0 Å². The molecule has 4 nitrogen and oxygen atoms in total. The van der Waals surface area contributed by atoms with E-state index < -0.39 is 0 Å². The first-order chi connectivity index (χ1) is 25.7. The van der Waals surface area contributed by atoms with E-state index in [0.717, 1.165) is 83.0 Å². The highest BCUT2D eigenvalue weighted by atomic mass is 32.1. The Hall–Kier alpha value is -5.52. The number of nitrogens with two attached hydrogens (primary N) is 1. The molecule has 0 unspecified atom stereocenters. The Balaban J connectivity index is 0.00000190. The van der Waals surface area contributed by atoms with E-state index >= 15 is 0 Å². The first kappa shape index (κ1) is 33.6. The minimum atomic E-state index is 0.672. The van der Waals surface area contributed by atoms with Crippen molar-refractivity contribution in [2.24, 2.45) is 5.73 Å². The minimum absolute atomic E-state index is 0.672. The van der Waals surface area contributed by atoms with Crippen molar-refractivity contribution < 1.29 is 4.42 Å². The van der Waals surface area contributed by atoms with Crippen LogP contribution in [0.3, 0.4) is 0 Å². The van der Waals surface area contributed by atoms with Gasteiger partial charge in [0, 0.05) is 31.1 Å². The predicted molar refractivity (Wildman–Crippen MR) is 222 cm³/mol. The van der Waals surface area contributed by atoms with Gasteiger partial charge in [-0.2, -0.15) is 0 Å². The molecule has 2 N–H and O–H groups in total. The summed E-state index contributed by atoms with van der Waals surface area (Å²) in [5, 5.41) is 4.93. The molecule has 52 heavy (non-hydrogen) atoms. The fourth-order valence-corrected chi connectivity index (χ4v) is 8.96. The summed E-state index contributed by atoms with van der Waals surface area (Å²) in [5.74, 6) is 0.672. The molecule has 0 spiro atoms. The number of benzene rings is 3. The molecule has 258 valence electrons. The van der Waals surface area contributed by atoms with Gasteiger partial charge in [-0.15, -0.1) is 11.3 Å². The molecule has 0 fully saturated rings. The third-order valence-corrected chi connectivity index (χ3v) is 11.4. The third-order valence-electron chi connectivity index (χ3n) is 10.2. The number of aromatic nitrogens is 2. The molecule has 3 aromatic carbocycles. The van der Waals surface area contributed by atoms with E-state index in [1.807, 2.05) is 44.3 Å². The van der Waals surface area contributed by atoms with Crippen LogP contribution in [0.15, 0.2) is 131 Å². The summed E-state index contributed by atoms with van der Waals surface area (Å²) < 4.78 is 9.48. The Kier molecular flexibility index (Phi) is 9.44. The lowest BCUT2D eigenvalue weighted by Gasteiger charge is -2.18. The van der Waals surface area contributed by atoms with Gasteiger partial charge in [-0.1, -0.05) is 98.8 Å². The molecule has 0 saturated heterocycles. The summed E-state index contributed by atoms with van der Waals surface area (Å²) in [6.07, 6.45) is 25.5. The van der Waals surface area contributed by atoms with E-state index in [1.165, 1.54) is 47.7 Å². The van der Waals surface area contributed by atoms with E-state index in [2.05, 4.69) is 103 Å². The summed E-state index contributed by atoms with van der Waals surface area (Å²) in [6, 6.07) is 23.8. The van der Waals surface area contributed by atoms with Crippen molar-refractivity contribution in [3.8, 4) is 11.4 Å². The Morgan fingerprint density at radius 2 is 1.67 bits per heavy atom. The van der Waals surface area contributed by atoms with Crippen LogP contribution in [-0.4, -0.2) is 9.97 Å². The number of hydrogen-bond acceptors (Lipinski definition) is 5. The van der Waals surface area contributed by atoms with Crippen LogP contribution in [0.4, 0.5) is 0 Å². The van der Waals surface area contributed by atoms with E-state index in [-0.39, 0.29) is 0 Å². The van der Waals surface area contributed by atoms with Gasteiger partial charge in [-0.3, -0.25) is 0 Å². The van der Waals surface area contributed by atoms with Gasteiger partial charge in [0.25, 0.3) is 0 Å². The Labute approximate surface area is 309 Å². The van der Waals surface area contributed by atoms with Crippen molar-refractivity contribution >= 4 is 66.2 Å². The second kappa shape index (κ2) is 14.6. The smallest absolute Gasteiger partial charge is 0.160 e. The van der Waals surface area contributed by atoms with Crippen molar-refractivity contribution in [2.45, 2.75) is 59.3 Å². The molecule has 0 radical (unpaired) electrons. The summed E-state index contributed by atoms with van der Waals surface area (Å²) in [6.45, 7) is 6.01. The van der Waals surface area contributed by atoms with Gasteiger partial charge < -0.3 is 10.2 Å². The molecule has 5 heteroatoms. The SMILES string of the molecule is C/C=C(\C=C/N)c1cc(C2=CC=C(C3=CCCC=C3)CC2)nc(-c2ccc3c(c2)oc2c(C4=c5sc6ccccc6c5=CCC4)cccc23)n1.CC. The first-order valence-electron chi connectivity index (χ1n) is 18.6. The topological polar surface area (TPSA) is 64.9 Å². The van der Waals surface area contributed by atoms with Gasteiger partial charge in [-0.25, -0.2) is 9.97 Å². The van der Waals surface area contributed by atoms with Gasteiger partial charge in [0.05, 0.1) is 11.4 Å². The minimum Gasteiger partial charge on any atom is -0.455 e. The van der Waals surface area contributed by atoms with Crippen LogP contribution in [0.2, 0.25) is 0 Å². The maximum absolute atomic E-state index is 6.79. The normalized spacial score (nSPS) is 16.0. The lowest BCUT2D eigenvalue weighted by Crippen LogP contribution is -2.25. The Morgan fingerprint density at radius 1 is 0.827 bits per heavy atom. The van der Waals surface area contributed by atoms with Crippen LogP contribution < -0.4 is 15.5 Å². The maximum Gasteiger partial charge on any atom is 0.160 e. The van der Waals surface area contributed by atoms with Crippen molar-refractivity contribution in [3.63, 3.8) is 0 Å². The van der Waals surface area contributed by atoms with Crippen molar-refractivity contribution in [1.82, 2.24) is 9.97 Å². The number of allylic oxidation sites excluding steroid dienone is 11. The summed E-state index contributed by atoms with van der Waals surface area (Å²) in [5.41, 5.74) is 17.8. The van der Waals surface area contributed by atoms with Gasteiger partial charge in [-0.05, 0) is 120 Å². The molecule has 3 aliphatic rings. The monoisotopic (exact) mass is 697 g/mol. The van der Waals surface area contributed by atoms with Gasteiger partial charge in [0.1, 0.15) is 11.2 Å². The molecule has 0 amide bonds. The van der Waals surface area contributed by atoms with E-state index in [0.29, 0.717) is 5.82 Å². The Morgan fingerprint density at radius 3 is 2.48 bits per heavy atom. The zero-order chi connectivity index (χ0) is 35.6. The molecule has 0 atom stereocenters. The summed E-state index contributed by atoms with van der Waals surface area (Å²) >= 11 is 1.89. The van der Waals surface area contributed by atoms with Crippen molar-refractivity contribution in [2.75, 3.05) is 0 Å². The highest BCUT2D eigenvalue weighted by molar-refractivity contribution is 7.17. The second-order valence-electron chi connectivity index (χ2n) is 13.1. The number of fused-ring (bicyclic) bond motifs is 6. The average molecular weight is 698 g/mol. The fourth-order valence-electron chi connectivity index (χ4n) is 7.66. The number of hydrogen-bond donors (Lipinski definition) is 1. The lowest BCUT2D eigenvalue weighted by molar-refractivity contribution is 0.667. The fraction of sp³-hybridized carbons (Fsp3) is 0.191. The van der Waals surface area contributed by atoms with Gasteiger partial charge in [0.15, 0.2) is 5.82 Å². The van der Waals surface area contributed by atoms with E-state index in [1.54, 1.807) is 6.20 Å². The van der Waals surface area contributed by atoms with Crippen LogP contribution >= 0.6 is 11.3 Å². The molecule has 0 bridgehead atoms. The van der Waals surface area contributed by atoms with Crippen molar-refractivity contribution in [3.05, 3.63) is 153 Å². The summed E-state index contributed by atoms with van der Waals surface area (Å²) in [4.78, 5) is 10.3. The van der Waals surface area contributed by atoms with Crippen LogP contribution in [0.5, 0.6) is 0 Å². The summed E-state index contributed by atoms with van der Waals surface area (Å²) in [7, 11) is 0. The number of furan rings is 1. The molecule has 6 aromatic rings. The van der Waals surface area contributed by atoms with Crippen LogP contribution in [0, 0.1) is 0 Å². The van der Waals surface area contributed by atoms with E-state index in [4.69, 9.17) is 20.1 Å². The lowest BCUT2D eigenvalue weighted by atomic mass is 9.89. The maximum atomic E-state index is 6.79. The van der Waals surface area contributed by atoms with E-state index in [9.17, 15) is 0 Å².